The zero-order valence-corrected chi connectivity index (χ0v) is 36.3. The third-order valence-electron chi connectivity index (χ3n) is 11.6. The third-order valence-corrected chi connectivity index (χ3v) is 12.3. The quantitative estimate of drug-likeness (QED) is 0.110. The zero-order valence-electron chi connectivity index (χ0n) is 34.8. The summed E-state index contributed by atoms with van der Waals surface area (Å²) in [6.45, 7) is 3.21. The summed E-state index contributed by atoms with van der Waals surface area (Å²) in [4.78, 5) is 35.8. The van der Waals surface area contributed by atoms with Crippen molar-refractivity contribution >= 4 is 40.9 Å². The summed E-state index contributed by atoms with van der Waals surface area (Å²) in [6.07, 6.45) is 2.72. The maximum atomic E-state index is 14.4. The third kappa shape index (κ3) is 9.68. The van der Waals surface area contributed by atoms with Gasteiger partial charge in [0, 0.05) is 44.9 Å². The number of carbonyl (C=O) groups excluding carboxylic acids is 1. The van der Waals surface area contributed by atoms with Crippen molar-refractivity contribution in [2.24, 2.45) is 0 Å². The second kappa shape index (κ2) is 18.9. The Morgan fingerprint density at radius 2 is 1.60 bits per heavy atom. The Morgan fingerprint density at radius 3 is 2.27 bits per heavy atom. The molecule has 3 heterocycles. The fourth-order valence-corrected chi connectivity index (χ4v) is 8.50. The molecule has 10 nitrogen and oxygen atoms in total. The number of halogens is 2. The predicted octanol–water partition coefficient (Wildman–Crippen LogP) is 9.90. The molecule has 0 saturated heterocycles. The number of pyridine rings is 1. The average Bonchev–Trinajstić information content (AvgIpc) is 3.29. The molecule has 5 aromatic carbocycles. The van der Waals surface area contributed by atoms with Crippen LogP contribution in [0.5, 0.6) is 17.2 Å². The summed E-state index contributed by atoms with van der Waals surface area (Å²) in [5.74, 6) is 1.38. The van der Waals surface area contributed by atoms with Gasteiger partial charge in [-0.3, -0.25) is 9.69 Å². The van der Waals surface area contributed by atoms with E-state index in [1.807, 2.05) is 122 Å². The number of rotatable bonds is 14. The lowest BCUT2D eigenvalue weighted by atomic mass is 9.89. The average molecular weight is 872 g/mol. The van der Waals surface area contributed by atoms with Crippen LogP contribution < -0.4 is 24.4 Å². The molecule has 4 atom stereocenters. The van der Waals surface area contributed by atoms with E-state index in [2.05, 4.69) is 34.3 Å². The van der Waals surface area contributed by atoms with Crippen LogP contribution in [-0.2, 0) is 35.6 Å². The molecule has 2 N–H and O–H groups in total. The summed E-state index contributed by atoms with van der Waals surface area (Å²) < 4.78 is 18.9. The van der Waals surface area contributed by atoms with Gasteiger partial charge in [-0.1, -0.05) is 103 Å². The van der Waals surface area contributed by atoms with Gasteiger partial charge >= 0.3 is 5.97 Å². The van der Waals surface area contributed by atoms with Crippen LogP contribution in [0.15, 0.2) is 128 Å². The molecule has 0 fully saturated rings. The molecule has 8 rings (SSSR count). The van der Waals surface area contributed by atoms with Crippen LogP contribution >= 0.6 is 23.2 Å². The van der Waals surface area contributed by atoms with Crippen LogP contribution in [0.4, 0.5) is 5.82 Å². The maximum Gasteiger partial charge on any atom is 0.326 e. The van der Waals surface area contributed by atoms with Gasteiger partial charge in [0.25, 0.3) is 0 Å². The molecular formula is C50H48Cl2N4O6. The van der Waals surface area contributed by atoms with Gasteiger partial charge in [-0.15, -0.1) is 0 Å². The Bertz CT molecular complexity index is 2520. The van der Waals surface area contributed by atoms with Crippen molar-refractivity contribution in [1.29, 1.82) is 0 Å². The van der Waals surface area contributed by atoms with Gasteiger partial charge in [0.1, 0.15) is 30.8 Å². The number of anilines is 1. The van der Waals surface area contributed by atoms with E-state index in [1.54, 1.807) is 12.1 Å². The lowest BCUT2D eigenvalue weighted by Gasteiger charge is -2.42. The minimum absolute atomic E-state index is 0.101. The number of aliphatic carboxylic acids is 1. The number of hydrogen-bond acceptors (Lipinski definition) is 8. The number of nitrogens with zero attached hydrogens (tertiary/aromatic N) is 3. The molecule has 62 heavy (non-hydrogen) atoms. The van der Waals surface area contributed by atoms with E-state index in [-0.39, 0.29) is 24.5 Å². The van der Waals surface area contributed by atoms with Gasteiger partial charge in [0.2, 0.25) is 5.91 Å². The van der Waals surface area contributed by atoms with Crippen molar-refractivity contribution in [1.82, 2.24) is 15.2 Å². The smallest absolute Gasteiger partial charge is 0.326 e. The fraction of sp³-hybridized carbons (Fsp3) is 0.260. The number of ether oxygens (including phenoxy) is 3. The van der Waals surface area contributed by atoms with Crippen molar-refractivity contribution in [3.63, 3.8) is 0 Å². The number of benzene rings is 5. The zero-order chi connectivity index (χ0) is 43.3. The number of carbonyl (C=O) groups is 2. The normalized spacial score (nSPS) is 16.7. The summed E-state index contributed by atoms with van der Waals surface area (Å²) in [6, 6.07) is 37.1. The highest BCUT2D eigenvalue weighted by atomic mass is 35.5. The molecule has 1 aromatic heterocycles. The van der Waals surface area contributed by atoms with Crippen LogP contribution in [0.25, 0.3) is 11.1 Å². The summed E-state index contributed by atoms with van der Waals surface area (Å²) in [7, 11) is 3.89. The molecule has 1 amide bonds. The number of carboxylic acid groups (broad SMARTS) is 1. The number of nitrogens with one attached hydrogen (secondary N) is 1. The Balaban J connectivity index is 0.982. The van der Waals surface area contributed by atoms with Crippen LogP contribution in [0, 0.1) is 0 Å². The summed E-state index contributed by atoms with van der Waals surface area (Å²) in [5.41, 5.74) is 7.65. The van der Waals surface area contributed by atoms with E-state index >= 15 is 0 Å². The number of amides is 1. The van der Waals surface area contributed by atoms with Crippen molar-refractivity contribution in [3.05, 3.63) is 171 Å². The molecule has 318 valence electrons. The molecule has 0 radical (unpaired) electrons. The summed E-state index contributed by atoms with van der Waals surface area (Å²) >= 11 is 12.2. The van der Waals surface area contributed by atoms with E-state index in [9.17, 15) is 14.7 Å². The first-order chi connectivity index (χ1) is 30.0. The topological polar surface area (TPSA) is 113 Å². The second-order valence-electron chi connectivity index (χ2n) is 15.9. The van der Waals surface area contributed by atoms with Crippen LogP contribution in [-0.4, -0.2) is 59.7 Å². The SMILES string of the molecule is CC[C@@H](c1ccccc1)N1Cc2cc3c(cc2C[C@H]1C(=O)NC(Cc1ccc(-c2ccc(N(C)C)nc2)cc1)C(=O)O)OC[C@H](c1ccc(OCc2ccc(Cl)c(Cl)c2)cc1)O3. The lowest BCUT2D eigenvalue weighted by molar-refractivity contribution is -0.143. The lowest BCUT2D eigenvalue weighted by Crippen LogP contribution is -2.55. The first kappa shape index (κ1) is 42.6. The van der Waals surface area contributed by atoms with Crippen LogP contribution in [0.3, 0.4) is 0 Å². The monoisotopic (exact) mass is 870 g/mol. The van der Waals surface area contributed by atoms with E-state index in [4.69, 9.17) is 37.4 Å². The van der Waals surface area contributed by atoms with Crippen molar-refractivity contribution in [3.8, 4) is 28.4 Å². The Morgan fingerprint density at radius 1 is 0.871 bits per heavy atom. The van der Waals surface area contributed by atoms with Crippen molar-refractivity contribution in [2.45, 2.75) is 63.6 Å². The van der Waals surface area contributed by atoms with Crippen molar-refractivity contribution in [2.75, 3.05) is 25.6 Å². The van der Waals surface area contributed by atoms with E-state index in [0.717, 1.165) is 56.7 Å². The molecule has 0 saturated carbocycles. The van der Waals surface area contributed by atoms with Gasteiger partial charge in [-0.05, 0) is 100 Å². The molecule has 0 bridgehead atoms. The second-order valence-corrected chi connectivity index (χ2v) is 16.7. The molecule has 1 unspecified atom stereocenters. The van der Waals surface area contributed by atoms with Gasteiger partial charge in [0.05, 0.1) is 16.1 Å². The molecule has 2 aliphatic heterocycles. The van der Waals surface area contributed by atoms with Crippen LogP contribution in [0.1, 0.15) is 58.9 Å². The van der Waals surface area contributed by atoms with Gasteiger partial charge < -0.3 is 29.5 Å². The van der Waals surface area contributed by atoms with E-state index in [1.165, 1.54) is 0 Å². The molecular weight excluding hydrogens is 823 g/mol. The first-order valence-corrected chi connectivity index (χ1v) is 21.5. The Labute approximate surface area is 372 Å². The van der Waals surface area contributed by atoms with Gasteiger partial charge in [0.15, 0.2) is 17.6 Å². The highest BCUT2D eigenvalue weighted by Crippen LogP contribution is 2.43. The Kier molecular flexibility index (Phi) is 13.0. The van der Waals surface area contributed by atoms with Crippen LogP contribution in [0.2, 0.25) is 10.0 Å². The highest BCUT2D eigenvalue weighted by molar-refractivity contribution is 6.42. The summed E-state index contributed by atoms with van der Waals surface area (Å²) in [5, 5.41) is 14.3. The molecule has 6 aromatic rings. The molecule has 2 aliphatic rings. The first-order valence-electron chi connectivity index (χ1n) is 20.7. The molecule has 0 aliphatic carbocycles. The van der Waals surface area contributed by atoms with Gasteiger partial charge in [-0.25, -0.2) is 9.78 Å². The Hall–Kier alpha value is -6.07. The highest BCUT2D eigenvalue weighted by Gasteiger charge is 2.39. The maximum absolute atomic E-state index is 14.4. The minimum atomic E-state index is -1.13. The number of carboxylic acids is 1. The number of hydrogen-bond donors (Lipinski definition) is 2. The van der Waals surface area contributed by atoms with E-state index in [0.29, 0.717) is 53.5 Å². The number of fused-ring (bicyclic) bond motifs is 2. The van der Waals surface area contributed by atoms with Gasteiger partial charge in [-0.2, -0.15) is 0 Å². The van der Waals surface area contributed by atoms with Crippen molar-refractivity contribution < 1.29 is 28.9 Å². The largest absolute Gasteiger partial charge is 0.489 e. The molecule has 12 heteroatoms. The predicted molar refractivity (Wildman–Crippen MR) is 242 cm³/mol. The number of aromatic nitrogens is 1. The molecule has 0 spiro atoms. The van der Waals surface area contributed by atoms with E-state index < -0.39 is 18.1 Å². The standard InChI is InChI=1S/C50H48Cl2N4O6/c1-4-43(34-8-6-5-7-9-34)56-28-38-26-46-45(61-30-47(62-46)35-15-18-39(19-16-35)60-29-32-12-20-40(51)41(52)22-32)25-37(38)24-44(56)49(57)54-42(50(58)59)23-31-10-13-33(14-11-31)36-17-21-48(53-27-36)55(2)3/h5-22,25-27,42-44,47H,4,23-24,28-30H2,1-3H3,(H,54,57)(H,58,59)/t42?,43-,44-,47+/m0/s1. The minimum Gasteiger partial charge on any atom is -0.489 e. The fourth-order valence-electron chi connectivity index (χ4n) is 8.18.